The summed E-state index contributed by atoms with van der Waals surface area (Å²) in [7, 11) is 0. The Morgan fingerprint density at radius 1 is 0.900 bits per heavy atom. The first kappa shape index (κ1) is 16.1. The number of hydrogen-bond acceptors (Lipinski definition) is 1. The molecule has 1 N–H and O–H groups in total. The lowest BCUT2D eigenvalue weighted by atomic mass is 9.80. The molecule has 2 aliphatic carbocycles. The van der Waals surface area contributed by atoms with Crippen LogP contribution in [0.25, 0.3) is 0 Å². The molecular formula is C19H35N. The van der Waals surface area contributed by atoms with Crippen LogP contribution in [-0.4, -0.2) is 12.1 Å². The molecule has 0 radical (unpaired) electrons. The normalized spacial score (nSPS) is 24.1. The van der Waals surface area contributed by atoms with Gasteiger partial charge in [0, 0.05) is 12.1 Å². The Morgan fingerprint density at radius 3 is 2.00 bits per heavy atom. The average Bonchev–Trinajstić information content (AvgIpc) is 2.44. The molecule has 0 aromatic carbocycles. The fourth-order valence-corrected chi connectivity index (χ4v) is 3.78. The first-order valence-corrected chi connectivity index (χ1v) is 9.00. The van der Waals surface area contributed by atoms with Crippen molar-refractivity contribution in [2.24, 2.45) is 11.8 Å². The zero-order valence-electron chi connectivity index (χ0n) is 14.0. The Balaban J connectivity index is 1.99. The Morgan fingerprint density at radius 2 is 1.45 bits per heavy atom. The van der Waals surface area contributed by atoms with Gasteiger partial charge in [-0.25, -0.2) is 0 Å². The van der Waals surface area contributed by atoms with Crippen molar-refractivity contribution in [2.75, 3.05) is 6.54 Å². The topological polar surface area (TPSA) is 12.0 Å². The lowest BCUT2D eigenvalue weighted by molar-refractivity contribution is 0.365. The van der Waals surface area contributed by atoms with E-state index in [1.807, 2.05) is 0 Å². The van der Waals surface area contributed by atoms with Crippen molar-refractivity contribution < 1.29 is 0 Å². The second kappa shape index (κ2) is 7.64. The Kier molecular flexibility index (Phi) is 6.14. The molecule has 0 aromatic heterocycles. The molecule has 2 aliphatic rings. The largest absolute Gasteiger partial charge is 0.308 e. The van der Waals surface area contributed by atoms with E-state index in [1.165, 1.54) is 64.2 Å². The Bertz CT molecular complexity index is 298. The minimum absolute atomic E-state index is 0.236. The van der Waals surface area contributed by atoms with Crippen LogP contribution < -0.4 is 5.32 Å². The fraction of sp³-hybridized carbons (Fsp3) is 0.895. The number of nitrogens with one attached hydrogen (secondary N) is 1. The summed E-state index contributed by atoms with van der Waals surface area (Å²) in [6.07, 6.45) is 17.1. The van der Waals surface area contributed by atoms with Crippen molar-refractivity contribution in [3.05, 3.63) is 11.6 Å². The summed E-state index contributed by atoms with van der Waals surface area (Å²) < 4.78 is 0. The summed E-state index contributed by atoms with van der Waals surface area (Å²) in [6, 6.07) is 0. The van der Waals surface area contributed by atoms with E-state index in [-0.39, 0.29) is 5.54 Å². The quantitative estimate of drug-likeness (QED) is 0.673. The first-order valence-electron chi connectivity index (χ1n) is 9.00. The molecule has 0 saturated heterocycles. The number of rotatable bonds is 4. The lowest BCUT2D eigenvalue weighted by Gasteiger charge is -2.30. The van der Waals surface area contributed by atoms with Crippen molar-refractivity contribution in [1.82, 2.24) is 5.32 Å². The SMILES string of the molecule is CC(C)(C)NCC(=CC1CCCCC1)C1CCCCC1. The highest BCUT2D eigenvalue weighted by atomic mass is 14.9. The van der Waals surface area contributed by atoms with Crippen molar-refractivity contribution >= 4 is 0 Å². The van der Waals surface area contributed by atoms with Gasteiger partial charge in [-0.05, 0) is 58.3 Å². The van der Waals surface area contributed by atoms with Crippen LogP contribution in [-0.2, 0) is 0 Å². The molecule has 0 unspecified atom stereocenters. The van der Waals surface area contributed by atoms with Gasteiger partial charge in [0.15, 0.2) is 0 Å². The van der Waals surface area contributed by atoms with Gasteiger partial charge in [0.05, 0.1) is 0 Å². The van der Waals surface area contributed by atoms with E-state index in [0.717, 1.165) is 18.4 Å². The van der Waals surface area contributed by atoms with Gasteiger partial charge >= 0.3 is 0 Å². The highest BCUT2D eigenvalue weighted by molar-refractivity contribution is 5.12. The highest BCUT2D eigenvalue weighted by Crippen LogP contribution is 2.33. The molecule has 2 saturated carbocycles. The second-order valence-electron chi connectivity index (χ2n) is 8.08. The molecule has 116 valence electrons. The van der Waals surface area contributed by atoms with Gasteiger partial charge in [-0.3, -0.25) is 0 Å². The van der Waals surface area contributed by atoms with Crippen LogP contribution in [0.3, 0.4) is 0 Å². The fourth-order valence-electron chi connectivity index (χ4n) is 3.78. The highest BCUT2D eigenvalue weighted by Gasteiger charge is 2.21. The molecule has 0 spiro atoms. The predicted octanol–water partition coefficient (Wildman–Crippen LogP) is 5.46. The molecule has 2 rings (SSSR count). The smallest absolute Gasteiger partial charge is 0.0172 e. The lowest BCUT2D eigenvalue weighted by Crippen LogP contribution is -2.38. The summed E-state index contributed by atoms with van der Waals surface area (Å²) in [5.74, 6) is 1.75. The van der Waals surface area contributed by atoms with Gasteiger partial charge in [-0.1, -0.05) is 50.2 Å². The summed E-state index contributed by atoms with van der Waals surface area (Å²) in [4.78, 5) is 0. The molecule has 20 heavy (non-hydrogen) atoms. The summed E-state index contributed by atoms with van der Waals surface area (Å²) in [5, 5.41) is 3.74. The van der Waals surface area contributed by atoms with E-state index < -0.39 is 0 Å². The molecule has 0 aliphatic heterocycles. The van der Waals surface area contributed by atoms with Gasteiger partial charge < -0.3 is 5.32 Å². The van der Waals surface area contributed by atoms with Crippen LogP contribution in [0.1, 0.15) is 85.0 Å². The minimum atomic E-state index is 0.236. The third-order valence-corrected chi connectivity index (χ3v) is 5.05. The summed E-state index contributed by atoms with van der Waals surface area (Å²) in [5.41, 5.74) is 1.98. The maximum Gasteiger partial charge on any atom is 0.0172 e. The zero-order valence-corrected chi connectivity index (χ0v) is 14.0. The van der Waals surface area contributed by atoms with Crippen LogP contribution in [0.5, 0.6) is 0 Å². The van der Waals surface area contributed by atoms with Gasteiger partial charge in [0.1, 0.15) is 0 Å². The van der Waals surface area contributed by atoms with Gasteiger partial charge in [0.25, 0.3) is 0 Å². The second-order valence-corrected chi connectivity index (χ2v) is 8.08. The molecule has 2 fully saturated rings. The molecule has 0 amide bonds. The van der Waals surface area contributed by atoms with Gasteiger partial charge in [-0.15, -0.1) is 0 Å². The maximum atomic E-state index is 3.74. The van der Waals surface area contributed by atoms with E-state index >= 15 is 0 Å². The summed E-state index contributed by atoms with van der Waals surface area (Å²) in [6.45, 7) is 7.97. The van der Waals surface area contributed by atoms with Crippen molar-refractivity contribution in [2.45, 2.75) is 90.5 Å². The molecule has 0 aromatic rings. The zero-order chi connectivity index (χ0) is 14.4. The Hall–Kier alpha value is -0.300. The molecule has 0 atom stereocenters. The molecular weight excluding hydrogens is 242 g/mol. The molecule has 0 heterocycles. The van der Waals surface area contributed by atoms with Crippen LogP contribution in [0.2, 0.25) is 0 Å². The van der Waals surface area contributed by atoms with E-state index in [4.69, 9.17) is 0 Å². The van der Waals surface area contributed by atoms with Crippen molar-refractivity contribution in [3.8, 4) is 0 Å². The van der Waals surface area contributed by atoms with Crippen LogP contribution >= 0.6 is 0 Å². The van der Waals surface area contributed by atoms with E-state index in [2.05, 4.69) is 32.2 Å². The van der Waals surface area contributed by atoms with Crippen LogP contribution in [0.4, 0.5) is 0 Å². The van der Waals surface area contributed by atoms with Gasteiger partial charge in [0.2, 0.25) is 0 Å². The summed E-state index contributed by atoms with van der Waals surface area (Å²) >= 11 is 0. The van der Waals surface area contributed by atoms with E-state index in [0.29, 0.717) is 0 Å². The third-order valence-electron chi connectivity index (χ3n) is 5.05. The monoisotopic (exact) mass is 277 g/mol. The third kappa shape index (κ3) is 5.60. The predicted molar refractivity (Wildman–Crippen MR) is 89.0 cm³/mol. The molecule has 1 heteroatoms. The van der Waals surface area contributed by atoms with Crippen molar-refractivity contribution in [3.63, 3.8) is 0 Å². The standard InChI is InChI=1S/C19H35N/c1-19(2,3)20-15-18(17-12-8-5-9-13-17)14-16-10-6-4-7-11-16/h14,16-17,20H,4-13,15H2,1-3H3. The first-order chi connectivity index (χ1) is 9.54. The molecule has 0 bridgehead atoms. The van der Waals surface area contributed by atoms with Crippen LogP contribution in [0.15, 0.2) is 11.6 Å². The van der Waals surface area contributed by atoms with Crippen LogP contribution in [0, 0.1) is 11.8 Å². The number of allylic oxidation sites excluding steroid dienone is 1. The van der Waals surface area contributed by atoms with Gasteiger partial charge in [-0.2, -0.15) is 0 Å². The molecule has 1 nitrogen and oxygen atoms in total. The maximum absolute atomic E-state index is 3.74. The Labute approximate surface area is 126 Å². The average molecular weight is 277 g/mol. The van der Waals surface area contributed by atoms with E-state index in [9.17, 15) is 0 Å². The van der Waals surface area contributed by atoms with Crippen molar-refractivity contribution in [1.29, 1.82) is 0 Å². The minimum Gasteiger partial charge on any atom is -0.308 e. The number of hydrogen-bond donors (Lipinski definition) is 1. The van der Waals surface area contributed by atoms with E-state index in [1.54, 1.807) is 5.57 Å².